The molecule has 0 aliphatic heterocycles. The first-order chi connectivity index (χ1) is 6.58. The maximum atomic E-state index is 6.51. The molecule has 2 nitrogen and oxygen atoms in total. The van der Waals surface area contributed by atoms with Crippen molar-refractivity contribution in [2.24, 2.45) is 11.5 Å². The first-order valence-electron chi connectivity index (χ1n) is 6.16. The highest BCUT2D eigenvalue weighted by Gasteiger charge is 2.45. The lowest BCUT2D eigenvalue weighted by Gasteiger charge is -2.50. The lowest BCUT2D eigenvalue weighted by Crippen LogP contribution is -2.67. The molecular weight excluding hydrogens is 172 g/mol. The van der Waals surface area contributed by atoms with E-state index in [9.17, 15) is 0 Å². The van der Waals surface area contributed by atoms with E-state index in [1.165, 1.54) is 12.8 Å². The smallest absolute Gasteiger partial charge is 0.0336 e. The molecule has 1 saturated carbocycles. The van der Waals surface area contributed by atoms with Crippen LogP contribution in [0.5, 0.6) is 0 Å². The monoisotopic (exact) mass is 198 g/mol. The van der Waals surface area contributed by atoms with E-state index in [0.717, 1.165) is 38.5 Å². The molecule has 1 rings (SSSR count). The minimum atomic E-state index is -0.0873. The molecule has 2 heteroatoms. The number of nitrogens with two attached hydrogens (primary N) is 2. The largest absolute Gasteiger partial charge is 0.324 e. The van der Waals surface area contributed by atoms with Gasteiger partial charge in [-0.3, -0.25) is 0 Å². The van der Waals surface area contributed by atoms with Crippen molar-refractivity contribution in [1.82, 2.24) is 0 Å². The molecule has 0 bridgehead atoms. The Hall–Kier alpha value is -0.0800. The van der Waals surface area contributed by atoms with Gasteiger partial charge in [-0.15, -0.1) is 0 Å². The highest BCUT2D eigenvalue weighted by atomic mass is 14.9. The van der Waals surface area contributed by atoms with Crippen molar-refractivity contribution in [1.29, 1.82) is 0 Å². The summed E-state index contributed by atoms with van der Waals surface area (Å²) in [6.07, 6.45) is 9.25. The van der Waals surface area contributed by atoms with E-state index >= 15 is 0 Å². The molecule has 0 aromatic rings. The zero-order valence-electron chi connectivity index (χ0n) is 9.81. The third-order valence-electron chi connectivity index (χ3n) is 3.88. The number of hydrogen-bond acceptors (Lipinski definition) is 2. The molecule has 0 aromatic heterocycles. The summed E-state index contributed by atoms with van der Waals surface area (Å²) in [5.74, 6) is 0. The van der Waals surface area contributed by atoms with Crippen molar-refractivity contribution in [2.75, 3.05) is 0 Å². The van der Waals surface area contributed by atoms with Crippen LogP contribution in [0, 0.1) is 0 Å². The van der Waals surface area contributed by atoms with E-state index in [1.54, 1.807) is 0 Å². The lowest BCUT2D eigenvalue weighted by atomic mass is 9.64. The average Bonchev–Trinajstić information content (AvgIpc) is 2.12. The van der Waals surface area contributed by atoms with Gasteiger partial charge in [-0.1, -0.05) is 39.5 Å². The lowest BCUT2D eigenvalue weighted by molar-refractivity contribution is 0.125. The summed E-state index contributed by atoms with van der Waals surface area (Å²) >= 11 is 0. The van der Waals surface area contributed by atoms with Crippen molar-refractivity contribution in [2.45, 2.75) is 76.3 Å². The van der Waals surface area contributed by atoms with Crippen molar-refractivity contribution in [3.63, 3.8) is 0 Å². The van der Waals surface area contributed by atoms with Gasteiger partial charge in [0.2, 0.25) is 0 Å². The highest BCUT2D eigenvalue weighted by molar-refractivity contribution is 5.08. The van der Waals surface area contributed by atoms with Crippen LogP contribution in [0.4, 0.5) is 0 Å². The molecule has 2 unspecified atom stereocenters. The van der Waals surface area contributed by atoms with Crippen LogP contribution in [-0.4, -0.2) is 11.1 Å². The van der Waals surface area contributed by atoms with Crippen LogP contribution in [0.1, 0.15) is 65.2 Å². The van der Waals surface area contributed by atoms with E-state index in [-0.39, 0.29) is 11.1 Å². The van der Waals surface area contributed by atoms with Gasteiger partial charge in [0.25, 0.3) is 0 Å². The fraction of sp³-hybridized carbons (Fsp3) is 1.00. The van der Waals surface area contributed by atoms with Gasteiger partial charge in [-0.25, -0.2) is 0 Å². The normalized spacial score (nSPS) is 38.6. The quantitative estimate of drug-likeness (QED) is 0.729. The van der Waals surface area contributed by atoms with Crippen LogP contribution in [0.2, 0.25) is 0 Å². The van der Waals surface area contributed by atoms with Crippen LogP contribution in [0.3, 0.4) is 0 Å². The molecule has 0 heterocycles. The van der Waals surface area contributed by atoms with Crippen LogP contribution >= 0.6 is 0 Å². The fourth-order valence-electron chi connectivity index (χ4n) is 3.02. The second-order valence-electron chi connectivity index (χ2n) is 5.02. The molecule has 84 valence electrons. The van der Waals surface area contributed by atoms with Crippen molar-refractivity contribution in [3.8, 4) is 0 Å². The SMILES string of the molecule is CCCC1(N)CCCCC1(N)CCC. The van der Waals surface area contributed by atoms with E-state index in [0.29, 0.717) is 0 Å². The summed E-state index contributed by atoms with van der Waals surface area (Å²) < 4.78 is 0. The molecule has 1 aliphatic carbocycles. The second kappa shape index (κ2) is 4.63. The number of rotatable bonds is 4. The Morgan fingerprint density at radius 1 is 0.857 bits per heavy atom. The molecule has 1 aliphatic rings. The first kappa shape index (κ1) is 12.0. The molecule has 0 saturated heterocycles. The molecule has 0 amide bonds. The molecular formula is C12H26N2. The minimum Gasteiger partial charge on any atom is -0.324 e. The van der Waals surface area contributed by atoms with Gasteiger partial charge in [-0.05, 0) is 25.7 Å². The third-order valence-corrected chi connectivity index (χ3v) is 3.88. The third kappa shape index (κ3) is 2.12. The van der Waals surface area contributed by atoms with Gasteiger partial charge in [0, 0.05) is 11.1 Å². The minimum absolute atomic E-state index is 0.0873. The van der Waals surface area contributed by atoms with Gasteiger partial charge >= 0.3 is 0 Å². The van der Waals surface area contributed by atoms with E-state index in [4.69, 9.17) is 11.5 Å². The summed E-state index contributed by atoms with van der Waals surface area (Å²) in [4.78, 5) is 0. The molecule has 2 atom stereocenters. The molecule has 4 N–H and O–H groups in total. The Bertz CT molecular complexity index is 153. The Kier molecular flexibility index (Phi) is 3.96. The Morgan fingerprint density at radius 3 is 1.50 bits per heavy atom. The molecule has 0 spiro atoms. The zero-order valence-corrected chi connectivity index (χ0v) is 9.81. The van der Waals surface area contributed by atoms with E-state index < -0.39 is 0 Å². The van der Waals surface area contributed by atoms with Crippen LogP contribution in [-0.2, 0) is 0 Å². The first-order valence-corrected chi connectivity index (χ1v) is 6.16. The second-order valence-corrected chi connectivity index (χ2v) is 5.02. The zero-order chi connectivity index (χ0) is 10.7. The van der Waals surface area contributed by atoms with Gasteiger partial charge < -0.3 is 11.5 Å². The van der Waals surface area contributed by atoms with Gasteiger partial charge in [0.1, 0.15) is 0 Å². The maximum Gasteiger partial charge on any atom is 0.0336 e. The van der Waals surface area contributed by atoms with Crippen molar-refractivity contribution < 1.29 is 0 Å². The Labute approximate surface area is 88.4 Å². The molecule has 1 fully saturated rings. The van der Waals surface area contributed by atoms with Crippen molar-refractivity contribution >= 4 is 0 Å². The summed E-state index contributed by atoms with van der Waals surface area (Å²) in [7, 11) is 0. The fourth-order valence-corrected chi connectivity index (χ4v) is 3.02. The standard InChI is InChI=1S/C12H26N2/c1-3-7-11(13)9-5-6-10-12(11,14)8-4-2/h3-10,13-14H2,1-2H3. The van der Waals surface area contributed by atoms with Crippen molar-refractivity contribution in [3.05, 3.63) is 0 Å². The molecule has 0 radical (unpaired) electrons. The molecule has 14 heavy (non-hydrogen) atoms. The summed E-state index contributed by atoms with van der Waals surface area (Å²) in [6.45, 7) is 4.41. The predicted molar refractivity (Wildman–Crippen MR) is 62.1 cm³/mol. The summed E-state index contributed by atoms with van der Waals surface area (Å²) in [5.41, 5.74) is 12.8. The van der Waals surface area contributed by atoms with Crippen LogP contribution < -0.4 is 11.5 Å². The molecule has 0 aromatic carbocycles. The maximum absolute atomic E-state index is 6.51. The summed E-state index contributed by atoms with van der Waals surface area (Å²) in [6, 6.07) is 0. The van der Waals surface area contributed by atoms with Crippen LogP contribution in [0.15, 0.2) is 0 Å². The number of hydrogen-bond donors (Lipinski definition) is 2. The predicted octanol–water partition coefficient (Wildman–Crippen LogP) is 2.56. The Balaban J connectivity index is 2.75. The topological polar surface area (TPSA) is 52.0 Å². The summed E-state index contributed by atoms with van der Waals surface area (Å²) in [5, 5.41) is 0. The van der Waals surface area contributed by atoms with Crippen LogP contribution in [0.25, 0.3) is 0 Å². The van der Waals surface area contributed by atoms with Gasteiger partial charge in [0.15, 0.2) is 0 Å². The highest BCUT2D eigenvalue weighted by Crippen LogP contribution is 2.39. The van der Waals surface area contributed by atoms with E-state index in [2.05, 4.69) is 13.8 Å². The van der Waals surface area contributed by atoms with Gasteiger partial charge in [-0.2, -0.15) is 0 Å². The average molecular weight is 198 g/mol. The Morgan fingerprint density at radius 2 is 1.21 bits per heavy atom. The van der Waals surface area contributed by atoms with E-state index in [1.807, 2.05) is 0 Å². The van der Waals surface area contributed by atoms with Gasteiger partial charge in [0.05, 0.1) is 0 Å².